The smallest absolute Gasteiger partial charge is 0.00682 e. The fourth-order valence-corrected chi connectivity index (χ4v) is 2.15. The summed E-state index contributed by atoms with van der Waals surface area (Å²) in [6.45, 7) is 10.5. The minimum absolute atomic E-state index is 0.779. The third kappa shape index (κ3) is 9.61. The Labute approximate surface area is 108 Å². The molecule has 0 aromatic heterocycles. The highest BCUT2D eigenvalue weighted by molar-refractivity contribution is 4.80. The first-order valence-electron chi connectivity index (χ1n) is 7.62. The van der Waals surface area contributed by atoms with Crippen LogP contribution in [0.25, 0.3) is 0 Å². The first-order valence-corrected chi connectivity index (χ1v) is 7.62. The summed E-state index contributed by atoms with van der Waals surface area (Å²) in [5.74, 6) is 1.68. The van der Waals surface area contributed by atoms with Crippen molar-refractivity contribution in [2.75, 3.05) is 19.6 Å². The lowest BCUT2D eigenvalue weighted by molar-refractivity contribution is 0.436. The Bertz CT molecular complexity index is 176. The van der Waals surface area contributed by atoms with Gasteiger partial charge in [0.2, 0.25) is 0 Å². The number of hydrogen-bond donors (Lipinski definition) is 2. The van der Waals surface area contributed by atoms with E-state index in [1.165, 1.54) is 58.2 Å². The Hall–Kier alpha value is -0.0800. The van der Waals surface area contributed by atoms with Gasteiger partial charge in [-0.3, -0.25) is 0 Å². The standard InChI is InChI=1S/C15H32N2/c1-13(2)12-16-10-4-6-14(3)7-5-11-17-15-8-9-15/h13-17H,4-12H2,1-3H3. The lowest BCUT2D eigenvalue weighted by Crippen LogP contribution is -2.21. The van der Waals surface area contributed by atoms with Crippen LogP contribution in [0.3, 0.4) is 0 Å². The summed E-state index contributed by atoms with van der Waals surface area (Å²) in [6, 6.07) is 0.880. The van der Waals surface area contributed by atoms with E-state index >= 15 is 0 Å². The van der Waals surface area contributed by atoms with E-state index in [2.05, 4.69) is 31.4 Å². The van der Waals surface area contributed by atoms with E-state index in [0.29, 0.717) is 0 Å². The lowest BCUT2D eigenvalue weighted by Gasteiger charge is -2.12. The minimum Gasteiger partial charge on any atom is -0.316 e. The Morgan fingerprint density at radius 3 is 2.24 bits per heavy atom. The van der Waals surface area contributed by atoms with Gasteiger partial charge in [0, 0.05) is 6.04 Å². The molecular formula is C15H32N2. The summed E-state index contributed by atoms with van der Waals surface area (Å²) in [5, 5.41) is 7.11. The van der Waals surface area contributed by atoms with Crippen LogP contribution in [0.5, 0.6) is 0 Å². The molecule has 0 spiro atoms. The molecule has 0 aromatic carbocycles. The van der Waals surface area contributed by atoms with Crippen molar-refractivity contribution in [1.29, 1.82) is 0 Å². The first-order chi connectivity index (χ1) is 8.18. The first kappa shape index (κ1) is 15.0. The van der Waals surface area contributed by atoms with Crippen LogP contribution in [0, 0.1) is 11.8 Å². The van der Waals surface area contributed by atoms with Crippen LogP contribution in [-0.4, -0.2) is 25.7 Å². The predicted molar refractivity (Wildman–Crippen MR) is 76.4 cm³/mol. The molecule has 2 nitrogen and oxygen atoms in total. The van der Waals surface area contributed by atoms with E-state index in [1.54, 1.807) is 0 Å². The van der Waals surface area contributed by atoms with Crippen LogP contribution >= 0.6 is 0 Å². The summed E-state index contributed by atoms with van der Waals surface area (Å²) >= 11 is 0. The molecule has 0 amide bonds. The Kier molecular flexibility index (Phi) is 7.87. The molecule has 0 bridgehead atoms. The molecule has 1 saturated carbocycles. The van der Waals surface area contributed by atoms with Gasteiger partial charge in [-0.05, 0) is 70.0 Å². The summed E-state index contributed by atoms with van der Waals surface area (Å²) in [4.78, 5) is 0. The zero-order valence-corrected chi connectivity index (χ0v) is 12.1. The molecule has 1 atom stereocenters. The molecule has 2 N–H and O–H groups in total. The van der Waals surface area contributed by atoms with Gasteiger partial charge in [0.1, 0.15) is 0 Å². The maximum Gasteiger partial charge on any atom is 0.00682 e. The Balaban J connectivity index is 1.78. The molecule has 0 aliphatic heterocycles. The second-order valence-electron chi connectivity index (χ2n) is 6.22. The van der Waals surface area contributed by atoms with Gasteiger partial charge >= 0.3 is 0 Å². The maximum absolute atomic E-state index is 3.59. The highest BCUT2D eigenvalue weighted by atomic mass is 14.9. The maximum atomic E-state index is 3.59. The average molecular weight is 240 g/mol. The van der Waals surface area contributed by atoms with Crippen LogP contribution in [0.4, 0.5) is 0 Å². The van der Waals surface area contributed by atoms with Crippen molar-refractivity contribution in [3.8, 4) is 0 Å². The molecule has 1 fully saturated rings. The molecule has 1 rings (SSSR count). The number of hydrogen-bond acceptors (Lipinski definition) is 2. The van der Waals surface area contributed by atoms with Crippen LogP contribution < -0.4 is 10.6 Å². The molecule has 0 saturated heterocycles. The van der Waals surface area contributed by atoms with Crippen LogP contribution in [0.2, 0.25) is 0 Å². The van der Waals surface area contributed by atoms with Crippen LogP contribution in [0.15, 0.2) is 0 Å². The van der Waals surface area contributed by atoms with E-state index in [1.807, 2.05) is 0 Å². The molecule has 2 heteroatoms. The molecule has 1 unspecified atom stereocenters. The lowest BCUT2D eigenvalue weighted by atomic mass is 10.00. The highest BCUT2D eigenvalue weighted by Crippen LogP contribution is 2.19. The average Bonchev–Trinajstić information content (AvgIpc) is 3.07. The fourth-order valence-electron chi connectivity index (χ4n) is 2.15. The van der Waals surface area contributed by atoms with Gasteiger partial charge in [0.05, 0.1) is 0 Å². The van der Waals surface area contributed by atoms with Gasteiger partial charge in [-0.2, -0.15) is 0 Å². The molecule has 17 heavy (non-hydrogen) atoms. The van der Waals surface area contributed by atoms with Gasteiger partial charge < -0.3 is 10.6 Å². The third-order valence-electron chi connectivity index (χ3n) is 3.49. The summed E-state index contributed by atoms with van der Waals surface area (Å²) in [5.41, 5.74) is 0. The van der Waals surface area contributed by atoms with Crippen molar-refractivity contribution < 1.29 is 0 Å². The summed E-state index contributed by atoms with van der Waals surface area (Å²) in [7, 11) is 0. The van der Waals surface area contributed by atoms with Crippen molar-refractivity contribution in [1.82, 2.24) is 10.6 Å². The van der Waals surface area contributed by atoms with E-state index in [4.69, 9.17) is 0 Å². The van der Waals surface area contributed by atoms with E-state index in [9.17, 15) is 0 Å². The largest absolute Gasteiger partial charge is 0.316 e. The fraction of sp³-hybridized carbons (Fsp3) is 1.00. The third-order valence-corrected chi connectivity index (χ3v) is 3.49. The Morgan fingerprint density at radius 1 is 1.00 bits per heavy atom. The monoisotopic (exact) mass is 240 g/mol. The molecule has 1 aliphatic rings. The zero-order chi connectivity index (χ0) is 12.5. The quantitative estimate of drug-likeness (QED) is 0.542. The van der Waals surface area contributed by atoms with E-state index in [-0.39, 0.29) is 0 Å². The van der Waals surface area contributed by atoms with Gasteiger partial charge in [0.15, 0.2) is 0 Å². The molecule has 0 aromatic rings. The number of rotatable bonds is 11. The molecule has 1 aliphatic carbocycles. The molecular weight excluding hydrogens is 208 g/mol. The molecule has 0 heterocycles. The minimum atomic E-state index is 0.779. The summed E-state index contributed by atoms with van der Waals surface area (Å²) < 4.78 is 0. The van der Waals surface area contributed by atoms with Gasteiger partial charge in [-0.25, -0.2) is 0 Å². The van der Waals surface area contributed by atoms with Crippen LogP contribution in [-0.2, 0) is 0 Å². The Morgan fingerprint density at radius 2 is 1.65 bits per heavy atom. The van der Waals surface area contributed by atoms with Gasteiger partial charge in [0.25, 0.3) is 0 Å². The molecule has 102 valence electrons. The second kappa shape index (κ2) is 8.93. The second-order valence-corrected chi connectivity index (χ2v) is 6.22. The van der Waals surface area contributed by atoms with Crippen molar-refractivity contribution in [3.05, 3.63) is 0 Å². The highest BCUT2D eigenvalue weighted by Gasteiger charge is 2.19. The van der Waals surface area contributed by atoms with Crippen molar-refractivity contribution in [3.63, 3.8) is 0 Å². The predicted octanol–water partition coefficient (Wildman–Crippen LogP) is 3.18. The summed E-state index contributed by atoms with van der Waals surface area (Å²) in [6.07, 6.45) is 8.30. The zero-order valence-electron chi connectivity index (χ0n) is 12.1. The van der Waals surface area contributed by atoms with E-state index in [0.717, 1.165) is 17.9 Å². The van der Waals surface area contributed by atoms with E-state index < -0.39 is 0 Å². The topological polar surface area (TPSA) is 24.1 Å². The SMILES string of the molecule is CC(C)CNCCCC(C)CCCNC1CC1. The molecule has 0 radical (unpaired) electrons. The van der Waals surface area contributed by atoms with Gasteiger partial charge in [-0.1, -0.05) is 20.8 Å². The van der Waals surface area contributed by atoms with Crippen molar-refractivity contribution in [2.24, 2.45) is 11.8 Å². The van der Waals surface area contributed by atoms with Crippen molar-refractivity contribution >= 4 is 0 Å². The normalized spacial score (nSPS) is 17.6. The van der Waals surface area contributed by atoms with Crippen molar-refractivity contribution in [2.45, 2.75) is 65.3 Å². The number of nitrogens with one attached hydrogen (secondary N) is 2. The van der Waals surface area contributed by atoms with Crippen LogP contribution in [0.1, 0.15) is 59.3 Å². The van der Waals surface area contributed by atoms with Gasteiger partial charge in [-0.15, -0.1) is 0 Å².